The molecule has 2 aromatic rings. The van der Waals surface area contributed by atoms with Crippen LogP contribution in [0.2, 0.25) is 0 Å². The third-order valence-corrected chi connectivity index (χ3v) is 3.89. The predicted octanol–water partition coefficient (Wildman–Crippen LogP) is 2.67. The quantitative estimate of drug-likeness (QED) is 0.775. The molecule has 1 aliphatic rings. The maximum atomic E-state index is 11.9. The topological polar surface area (TPSA) is 115 Å². The molecule has 0 saturated carbocycles. The zero-order chi connectivity index (χ0) is 16.6. The van der Waals surface area contributed by atoms with Crippen molar-refractivity contribution in [2.45, 2.75) is 6.42 Å². The van der Waals surface area contributed by atoms with E-state index in [1.807, 2.05) is 0 Å². The zero-order valence-corrected chi connectivity index (χ0v) is 13.4. The molecule has 8 nitrogen and oxygen atoms in total. The van der Waals surface area contributed by atoms with E-state index in [-0.39, 0.29) is 11.4 Å². The smallest absolute Gasteiger partial charge is 0.420 e. The Morgan fingerprint density at radius 3 is 2.65 bits per heavy atom. The third kappa shape index (κ3) is 3.00. The third-order valence-electron chi connectivity index (χ3n) is 3.40. The van der Waals surface area contributed by atoms with Gasteiger partial charge in [-0.2, -0.15) is 0 Å². The summed E-state index contributed by atoms with van der Waals surface area (Å²) < 4.78 is 10.7. The highest BCUT2D eigenvalue weighted by atomic mass is 79.9. The molecule has 1 saturated heterocycles. The van der Waals surface area contributed by atoms with Gasteiger partial charge in [0, 0.05) is 22.9 Å². The van der Waals surface area contributed by atoms with Gasteiger partial charge in [-0.25, -0.2) is 9.59 Å². The van der Waals surface area contributed by atoms with Gasteiger partial charge in [-0.1, -0.05) is 15.9 Å². The van der Waals surface area contributed by atoms with Crippen LogP contribution in [-0.4, -0.2) is 36.1 Å². The molecule has 1 aromatic heterocycles. The fourth-order valence-corrected chi connectivity index (χ4v) is 2.50. The molecule has 0 unspecified atom stereocenters. The Bertz CT molecular complexity index is 812. The van der Waals surface area contributed by atoms with Crippen LogP contribution in [0.5, 0.6) is 0 Å². The lowest BCUT2D eigenvalue weighted by Crippen LogP contribution is -2.43. The van der Waals surface area contributed by atoms with E-state index in [9.17, 15) is 14.4 Å². The van der Waals surface area contributed by atoms with Gasteiger partial charge in [0.05, 0.1) is 0 Å². The zero-order valence-electron chi connectivity index (χ0n) is 11.8. The van der Waals surface area contributed by atoms with Crippen LogP contribution in [0.1, 0.15) is 17.0 Å². The van der Waals surface area contributed by atoms with Crippen molar-refractivity contribution < 1.29 is 23.5 Å². The highest BCUT2D eigenvalue weighted by molar-refractivity contribution is 9.10. The number of primary amides is 1. The number of nitrogens with one attached hydrogen (secondary N) is 1. The molecule has 0 bridgehead atoms. The molecule has 1 aliphatic heterocycles. The van der Waals surface area contributed by atoms with Crippen LogP contribution >= 0.6 is 15.9 Å². The summed E-state index contributed by atoms with van der Waals surface area (Å²) in [7, 11) is 0. The summed E-state index contributed by atoms with van der Waals surface area (Å²) in [5, 5.41) is 2.81. The number of nitrogens with zero attached hydrogens (tertiary/aromatic N) is 1. The summed E-state index contributed by atoms with van der Waals surface area (Å²) in [6, 6.07) is 4.98. The van der Waals surface area contributed by atoms with Gasteiger partial charge in [-0.05, 0) is 24.6 Å². The Hall–Kier alpha value is -2.55. The molecule has 0 spiro atoms. The number of rotatable bonds is 2. The highest BCUT2D eigenvalue weighted by Crippen LogP contribution is 2.33. The molecule has 3 rings (SSSR count). The average Bonchev–Trinajstić information content (AvgIpc) is 2.75. The lowest BCUT2D eigenvalue weighted by atomic mass is 10.2. The van der Waals surface area contributed by atoms with Crippen LogP contribution < -0.4 is 11.1 Å². The summed E-state index contributed by atoms with van der Waals surface area (Å²) >= 11 is 3.29. The monoisotopic (exact) mass is 381 g/mol. The van der Waals surface area contributed by atoms with Gasteiger partial charge in [0.15, 0.2) is 0 Å². The van der Waals surface area contributed by atoms with E-state index in [1.54, 1.807) is 18.2 Å². The minimum absolute atomic E-state index is 0.0650. The van der Waals surface area contributed by atoms with E-state index in [2.05, 4.69) is 26.0 Å². The van der Waals surface area contributed by atoms with Crippen LogP contribution in [0.15, 0.2) is 27.1 Å². The molecule has 9 heteroatoms. The molecule has 0 aliphatic carbocycles. The second-order valence-corrected chi connectivity index (χ2v) is 5.85. The van der Waals surface area contributed by atoms with E-state index in [0.29, 0.717) is 24.1 Å². The van der Waals surface area contributed by atoms with Crippen molar-refractivity contribution in [2.24, 2.45) is 5.73 Å². The molecule has 1 fully saturated rings. The normalized spacial score (nSPS) is 13.5. The molecular formula is C14H12BrN3O5. The summed E-state index contributed by atoms with van der Waals surface area (Å²) in [5.74, 6) is -1.06. The van der Waals surface area contributed by atoms with Crippen molar-refractivity contribution in [1.29, 1.82) is 0 Å². The highest BCUT2D eigenvalue weighted by Gasteiger charge is 2.26. The first-order valence-corrected chi connectivity index (χ1v) is 7.54. The predicted molar refractivity (Wildman–Crippen MR) is 84.1 cm³/mol. The molecule has 3 N–H and O–H groups in total. The van der Waals surface area contributed by atoms with Gasteiger partial charge in [-0.15, -0.1) is 0 Å². The van der Waals surface area contributed by atoms with Gasteiger partial charge >= 0.3 is 12.2 Å². The van der Waals surface area contributed by atoms with E-state index in [0.717, 1.165) is 10.9 Å². The molecule has 3 amide bonds. The van der Waals surface area contributed by atoms with Crippen molar-refractivity contribution in [1.82, 2.24) is 4.90 Å². The van der Waals surface area contributed by atoms with Gasteiger partial charge in [0.25, 0.3) is 5.91 Å². The Labute approximate surface area is 138 Å². The minimum atomic E-state index is -1.01. The number of likely N-dealkylation sites (tertiary alicyclic amines) is 1. The number of carbonyl (C=O) groups is 3. The maximum Gasteiger partial charge on any atom is 0.420 e. The fourth-order valence-electron chi connectivity index (χ4n) is 2.14. The number of hydrogen-bond acceptors (Lipinski definition) is 5. The Balaban J connectivity index is 1.86. The number of halogens is 1. The second-order valence-electron chi connectivity index (χ2n) is 4.93. The number of benzene rings is 1. The molecule has 23 heavy (non-hydrogen) atoms. The number of hydrogen-bond donors (Lipinski definition) is 2. The SMILES string of the molecule is NC(=O)c1oc2ccc(Br)cc2c1NC(=O)OC(=O)N1CCC1. The number of anilines is 1. The standard InChI is InChI=1S/C14H12BrN3O5/c15-7-2-3-9-8(6-7)10(11(22-9)12(16)19)17-13(20)23-14(21)18-4-1-5-18/h2-3,6H,1,4-5H2,(H2,16,19)(H,17,20). The number of fused-ring (bicyclic) bond motifs is 1. The van der Waals surface area contributed by atoms with Gasteiger partial charge < -0.3 is 19.8 Å². The van der Waals surface area contributed by atoms with Crippen molar-refractivity contribution >= 4 is 50.7 Å². The van der Waals surface area contributed by atoms with Crippen LogP contribution in [0.3, 0.4) is 0 Å². The summed E-state index contributed by atoms with van der Waals surface area (Å²) in [4.78, 5) is 36.4. The van der Waals surface area contributed by atoms with Crippen LogP contribution in [0.25, 0.3) is 11.0 Å². The fraction of sp³-hybridized carbons (Fsp3) is 0.214. The van der Waals surface area contributed by atoms with Crippen molar-refractivity contribution in [3.8, 4) is 0 Å². The van der Waals surface area contributed by atoms with Gasteiger partial charge in [0.2, 0.25) is 5.76 Å². The first-order chi connectivity index (χ1) is 11.0. The molecule has 0 radical (unpaired) electrons. The van der Waals surface area contributed by atoms with Crippen molar-refractivity contribution in [3.05, 3.63) is 28.4 Å². The second kappa shape index (κ2) is 5.92. The summed E-state index contributed by atoms with van der Waals surface area (Å²) in [5.41, 5.74) is 5.69. The number of carbonyl (C=O) groups excluding carboxylic acids is 3. The molecule has 2 heterocycles. The summed E-state index contributed by atoms with van der Waals surface area (Å²) in [6.07, 6.45) is -0.862. The van der Waals surface area contributed by atoms with E-state index >= 15 is 0 Å². The number of amides is 3. The molecule has 120 valence electrons. The van der Waals surface area contributed by atoms with Crippen LogP contribution in [0, 0.1) is 0 Å². The Morgan fingerprint density at radius 2 is 2.04 bits per heavy atom. The number of ether oxygens (including phenoxy) is 1. The van der Waals surface area contributed by atoms with Crippen LogP contribution in [-0.2, 0) is 4.74 Å². The first kappa shape index (κ1) is 15.3. The lowest BCUT2D eigenvalue weighted by molar-refractivity contribution is 0.0977. The first-order valence-electron chi connectivity index (χ1n) is 6.75. The minimum Gasteiger partial charge on any atom is -0.449 e. The Kier molecular flexibility index (Phi) is 3.95. The Morgan fingerprint density at radius 1 is 1.30 bits per heavy atom. The largest absolute Gasteiger partial charge is 0.449 e. The maximum absolute atomic E-state index is 11.9. The summed E-state index contributed by atoms with van der Waals surface area (Å²) in [6.45, 7) is 1.11. The van der Waals surface area contributed by atoms with E-state index in [1.165, 1.54) is 4.90 Å². The van der Waals surface area contributed by atoms with Crippen molar-refractivity contribution in [2.75, 3.05) is 18.4 Å². The van der Waals surface area contributed by atoms with E-state index in [4.69, 9.17) is 10.2 Å². The van der Waals surface area contributed by atoms with E-state index < -0.39 is 18.1 Å². The van der Waals surface area contributed by atoms with Crippen molar-refractivity contribution in [3.63, 3.8) is 0 Å². The van der Waals surface area contributed by atoms with Crippen LogP contribution in [0.4, 0.5) is 15.3 Å². The van der Waals surface area contributed by atoms with Gasteiger partial charge in [0.1, 0.15) is 11.3 Å². The molecular weight excluding hydrogens is 370 g/mol. The number of furan rings is 1. The number of nitrogens with two attached hydrogens (primary N) is 1. The molecule has 0 atom stereocenters. The lowest BCUT2D eigenvalue weighted by Gasteiger charge is -2.29. The van der Waals surface area contributed by atoms with Gasteiger partial charge in [-0.3, -0.25) is 10.1 Å². The average molecular weight is 382 g/mol. The molecule has 1 aromatic carbocycles.